The first-order valence-electron chi connectivity index (χ1n) is 8.99. The predicted octanol–water partition coefficient (Wildman–Crippen LogP) is 5.54. The Morgan fingerprint density at radius 2 is 1.58 bits per heavy atom. The van der Waals surface area contributed by atoms with Gasteiger partial charge in [0.25, 0.3) is 0 Å². The van der Waals surface area contributed by atoms with Gasteiger partial charge >= 0.3 is 0 Å². The molecule has 0 aliphatic carbocycles. The molecular formula is C22H22ClN. The molecule has 3 aliphatic heterocycles. The predicted molar refractivity (Wildman–Crippen MR) is 103 cm³/mol. The van der Waals surface area contributed by atoms with E-state index in [4.69, 9.17) is 11.6 Å². The van der Waals surface area contributed by atoms with Gasteiger partial charge in [-0.2, -0.15) is 0 Å². The maximum Gasteiger partial charge on any atom is 0.0605 e. The number of halogens is 1. The summed E-state index contributed by atoms with van der Waals surface area (Å²) in [5.41, 5.74) is 1.33. The summed E-state index contributed by atoms with van der Waals surface area (Å²) in [6.45, 7) is 4.71. The SMILES string of the molecule is CC1(c2cccc3cc4ccccc4cc23)C(Cl)C2CCN1CC2. The Balaban J connectivity index is 1.78. The fraction of sp³-hybridized carbons (Fsp3) is 0.364. The molecule has 1 nitrogen and oxygen atoms in total. The molecule has 3 aromatic rings. The molecule has 2 atom stereocenters. The fourth-order valence-electron chi connectivity index (χ4n) is 5.02. The van der Waals surface area contributed by atoms with Crippen LogP contribution in [-0.2, 0) is 5.54 Å². The molecule has 0 radical (unpaired) electrons. The van der Waals surface area contributed by atoms with Gasteiger partial charge in [0, 0.05) is 0 Å². The average molecular weight is 336 g/mol. The maximum absolute atomic E-state index is 7.03. The molecule has 2 unspecified atom stereocenters. The topological polar surface area (TPSA) is 3.24 Å². The Bertz CT molecular complexity index is 922. The highest BCUT2D eigenvalue weighted by Crippen LogP contribution is 2.49. The zero-order valence-corrected chi connectivity index (χ0v) is 14.8. The van der Waals surface area contributed by atoms with Crippen LogP contribution in [-0.4, -0.2) is 23.4 Å². The van der Waals surface area contributed by atoms with E-state index in [0.29, 0.717) is 5.92 Å². The van der Waals surface area contributed by atoms with Crippen molar-refractivity contribution in [2.24, 2.45) is 5.92 Å². The van der Waals surface area contributed by atoms with Crippen LogP contribution in [0.5, 0.6) is 0 Å². The molecule has 122 valence electrons. The van der Waals surface area contributed by atoms with Crippen molar-refractivity contribution >= 4 is 33.1 Å². The van der Waals surface area contributed by atoms with Gasteiger partial charge in [0.2, 0.25) is 0 Å². The number of benzene rings is 3. The molecule has 3 saturated heterocycles. The van der Waals surface area contributed by atoms with Crippen molar-refractivity contribution in [1.82, 2.24) is 4.90 Å². The Kier molecular flexibility index (Phi) is 3.20. The maximum atomic E-state index is 7.03. The minimum atomic E-state index is -0.0648. The zero-order valence-electron chi connectivity index (χ0n) is 14.0. The van der Waals surface area contributed by atoms with Crippen LogP contribution in [0.4, 0.5) is 0 Å². The monoisotopic (exact) mass is 335 g/mol. The lowest BCUT2D eigenvalue weighted by atomic mass is 9.70. The summed E-state index contributed by atoms with van der Waals surface area (Å²) in [7, 11) is 0. The first kappa shape index (κ1) is 14.7. The van der Waals surface area contributed by atoms with E-state index in [9.17, 15) is 0 Å². The summed E-state index contributed by atoms with van der Waals surface area (Å²) in [6.07, 6.45) is 2.49. The second-order valence-corrected chi connectivity index (χ2v) is 8.07. The van der Waals surface area contributed by atoms with Crippen LogP contribution in [0.1, 0.15) is 25.3 Å². The average Bonchev–Trinajstić information content (AvgIpc) is 2.64. The summed E-state index contributed by atoms with van der Waals surface area (Å²) in [5.74, 6) is 0.650. The standard InChI is InChI=1S/C22H22ClN/c1-22(21(23)15-9-11-24(22)12-10-15)20-8-4-7-18-13-16-5-2-3-6-17(16)14-19(18)20/h2-8,13-15,21H,9-12H2,1H3. The van der Waals surface area contributed by atoms with Gasteiger partial charge < -0.3 is 0 Å². The number of rotatable bonds is 1. The number of fused-ring (bicyclic) bond motifs is 5. The van der Waals surface area contributed by atoms with Gasteiger partial charge in [-0.1, -0.05) is 42.5 Å². The van der Waals surface area contributed by atoms with Gasteiger partial charge in [-0.25, -0.2) is 0 Å². The smallest absolute Gasteiger partial charge is 0.0605 e. The van der Waals surface area contributed by atoms with E-state index >= 15 is 0 Å². The third kappa shape index (κ3) is 1.92. The largest absolute Gasteiger partial charge is 0.292 e. The molecule has 6 rings (SSSR count). The van der Waals surface area contributed by atoms with Gasteiger partial charge in [0.15, 0.2) is 0 Å². The van der Waals surface area contributed by atoms with Crippen molar-refractivity contribution in [3.8, 4) is 0 Å². The Morgan fingerprint density at radius 3 is 2.29 bits per heavy atom. The summed E-state index contributed by atoms with van der Waals surface area (Å²) in [5, 5.41) is 5.48. The van der Waals surface area contributed by atoms with Crippen LogP contribution >= 0.6 is 11.6 Å². The number of hydrogen-bond acceptors (Lipinski definition) is 1. The van der Waals surface area contributed by atoms with Gasteiger partial charge in [-0.05, 0) is 78.0 Å². The summed E-state index contributed by atoms with van der Waals surface area (Å²) in [4.78, 5) is 2.62. The molecule has 0 saturated carbocycles. The number of piperidine rings is 3. The van der Waals surface area contributed by atoms with Crippen molar-refractivity contribution in [1.29, 1.82) is 0 Å². The second-order valence-electron chi connectivity index (χ2n) is 7.60. The molecule has 2 bridgehead atoms. The molecular weight excluding hydrogens is 314 g/mol. The van der Waals surface area contributed by atoms with E-state index < -0.39 is 0 Å². The molecule has 3 fully saturated rings. The molecule has 3 aliphatic rings. The van der Waals surface area contributed by atoms with Crippen LogP contribution in [0.2, 0.25) is 0 Å². The highest BCUT2D eigenvalue weighted by molar-refractivity contribution is 6.22. The number of hydrogen-bond donors (Lipinski definition) is 0. The summed E-state index contributed by atoms with van der Waals surface area (Å²) < 4.78 is 0. The van der Waals surface area contributed by atoms with E-state index in [1.165, 1.54) is 53.0 Å². The lowest BCUT2D eigenvalue weighted by Crippen LogP contribution is -2.61. The van der Waals surface area contributed by atoms with Crippen LogP contribution in [0, 0.1) is 5.92 Å². The first-order valence-corrected chi connectivity index (χ1v) is 9.43. The summed E-state index contributed by atoms with van der Waals surface area (Å²) in [6, 6.07) is 20.0. The van der Waals surface area contributed by atoms with Crippen LogP contribution < -0.4 is 0 Å². The van der Waals surface area contributed by atoms with Gasteiger partial charge in [-0.3, -0.25) is 4.90 Å². The Labute approximate surface area is 148 Å². The van der Waals surface area contributed by atoms with Crippen molar-refractivity contribution < 1.29 is 0 Å². The molecule has 0 spiro atoms. The minimum Gasteiger partial charge on any atom is -0.292 e. The van der Waals surface area contributed by atoms with E-state index in [2.05, 4.69) is 66.4 Å². The molecule has 0 aromatic heterocycles. The lowest BCUT2D eigenvalue weighted by Gasteiger charge is -2.56. The molecule has 0 amide bonds. The van der Waals surface area contributed by atoms with Crippen LogP contribution in [0.15, 0.2) is 54.6 Å². The first-order chi connectivity index (χ1) is 11.7. The molecule has 24 heavy (non-hydrogen) atoms. The van der Waals surface area contributed by atoms with Crippen LogP contribution in [0.3, 0.4) is 0 Å². The van der Waals surface area contributed by atoms with E-state index in [1.54, 1.807) is 0 Å². The zero-order chi connectivity index (χ0) is 16.3. The van der Waals surface area contributed by atoms with Crippen molar-refractivity contribution in [2.75, 3.05) is 13.1 Å². The van der Waals surface area contributed by atoms with E-state index in [1.807, 2.05) is 0 Å². The normalized spacial score (nSPS) is 32.5. The number of nitrogens with zero attached hydrogens (tertiary/aromatic N) is 1. The van der Waals surface area contributed by atoms with E-state index in [0.717, 1.165) is 0 Å². The lowest BCUT2D eigenvalue weighted by molar-refractivity contribution is -0.0154. The molecule has 3 aromatic carbocycles. The van der Waals surface area contributed by atoms with Gasteiger partial charge in [-0.15, -0.1) is 11.6 Å². The minimum absolute atomic E-state index is 0.0648. The van der Waals surface area contributed by atoms with E-state index in [-0.39, 0.29) is 10.9 Å². The Hall–Kier alpha value is -1.57. The van der Waals surface area contributed by atoms with Gasteiger partial charge in [0.05, 0.1) is 10.9 Å². The molecule has 2 heteroatoms. The number of alkyl halides is 1. The highest BCUT2D eigenvalue weighted by Gasteiger charge is 2.51. The van der Waals surface area contributed by atoms with Crippen molar-refractivity contribution in [3.05, 3.63) is 60.2 Å². The van der Waals surface area contributed by atoms with Crippen LogP contribution in [0.25, 0.3) is 21.5 Å². The quantitative estimate of drug-likeness (QED) is 0.417. The highest BCUT2D eigenvalue weighted by atomic mass is 35.5. The van der Waals surface area contributed by atoms with Crippen molar-refractivity contribution in [2.45, 2.75) is 30.7 Å². The third-order valence-corrected chi connectivity index (χ3v) is 7.22. The molecule has 0 N–H and O–H groups in total. The fourth-order valence-corrected chi connectivity index (χ4v) is 5.52. The second kappa shape index (κ2) is 5.21. The van der Waals surface area contributed by atoms with Crippen molar-refractivity contribution in [3.63, 3.8) is 0 Å². The van der Waals surface area contributed by atoms with Gasteiger partial charge in [0.1, 0.15) is 0 Å². The molecule has 3 heterocycles. The summed E-state index contributed by atoms with van der Waals surface area (Å²) >= 11 is 7.03. The Morgan fingerprint density at radius 1 is 0.917 bits per heavy atom. The third-order valence-electron chi connectivity index (χ3n) is 6.44.